The number of nitrogens with zero attached hydrogens (tertiary/aromatic N) is 2. The summed E-state index contributed by atoms with van der Waals surface area (Å²) in [4.78, 5) is 17.5. The molecule has 3 fully saturated rings. The molecule has 2 aromatic rings. The molecule has 1 amide bonds. The minimum Gasteiger partial charge on any atom is -0.345 e. The highest BCUT2D eigenvalue weighted by Crippen LogP contribution is 2.54. The van der Waals surface area contributed by atoms with Gasteiger partial charge < -0.3 is 4.90 Å². The maximum atomic E-state index is 13.6. The van der Waals surface area contributed by atoms with Gasteiger partial charge in [-0.1, -0.05) is 48.5 Å². The van der Waals surface area contributed by atoms with Crippen LogP contribution < -0.4 is 0 Å². The van der Waals surface area contributed by atoms with Crippen LogP contribution in [-0.2, 0) is 17.1 Å². The van der Waals surface area contributed by atoms with Crippen LogP contribution in [0.15, 0.2) is 54.6 Å². The Morgan fingerprint density at radius 3 is 2.32 bits per heavy atom. The molecule has 2 saturated carbocycles. The predicted octanol–water partition coefficient (Wildman–Crippen LogP) is 5.70. The van der Waals surface area contributed by atoms with E-state index in [0.717, 1.165) is 25.6 Å². The molecular formula is C29H36F2N2O. The Morgan fingerprint density at radius 2 is 1.68 bits per heavy atom. The number of hydrogen-bond acceptors (Lipinski definition) is 2. The third-order valence-corrected chi connectivity index (χ3v) is 8.54. The molecule has 1 aliphatic heterocycles. The quantitative estimate of drug-likeness (QED) is 0.522. The van der Waals surface area contributed by atoms with Gasteiger partial charge in [-0.05, 0) is 67.1 Å². The summed E-state index contributed by atoms with van der Waals surface area (Å²) in [6, 6.07) is 18.1. The zero-order chi connectivity index (χ0) is 23.9. The van der Waals surface area contributed by atoms with Gasteiger partial charge in [-0.25, -0.2) is 8.78 Å². The van der Waals surface area contributed by atoms with Crippen molar-refractivity contribution in [3.05, 3.63) is 71.3 Å². The number of likely N-dealkylation sites (tertiary alicyclic amines) is 1. The molecular weight excluding hydrogens is 430 g/mol. The Labute approximate surface area is 202 Å². The van der Waals surface area contributed by atoms with Gasteiger partial charge in [0.15, 0.2) is 0 Å². The molecule has 3 aliphatic rings. The Hall–Kier alpha value is -2.27. The second-order valence-electron chi connectivity index (χ2n) is 10.8. The van der Waals surface area contributed by atoms with E-state index < -0.39 is 5.92 Å². The van der Waals surface area contributed by atoms with Gasteiger partial charge in [0.25, 0.3) is 5.92 Å². The topological polar surface area (TPSA) is 23.6 Å². The van der Waals surface area contributed by atoms with Crippen molar-refractivity contribution in [1.82, 2.24) is 9.80 Å². The number of likely N-dealkylation sites (N-methyl/N-ethyl adjacent to an activating group) is 1. The normalized spacial score (nSPS) is 29.0. The number of fused-ring (bicyclic) bond motifs is 1. The minimum absolute atomic E-state index is 0.0357. The number of amides is 1. The molecule has 0 spiro atoms. The van der Waals surface area contributed by atoms with Crippen LogP contribution in [-0.4, -0.2) is 48.4 Å². The Morgan fingerprint density at radius 1 is 1.00 bits per heavy atom. The summed E-state index contributed by atoms with van der Waals surface area (Å²) < 4.78 is 27.2. The molecule has 0 radical (unpaired) electrons. The number of alkyl halides is 2. The highest BCUT2D eigenvalue weighted by atomic mass is 19.3. The van der Waals surface area contributed by atoms with Crippen LogP contribution in [0.25, 0.3) is 0 Å². The van der Waals surface area contributed by atoms with Crippen molar-refractivity contribution in [1.29, 1.82) is 0 Å². The van der Waals surface area contributed by atoms with Crippen molar-refractivity contribution in [2.45, 2.75) is 56.9 Å². The molecule has 3 nitrogen and oxygen atoms in total. The molecule has 3 atom stereocenters. The van der Waals surface area contributed by atoms with Gasteiger partial charge in [0, 0.05) is 51.1 Å². The van der Waals surface area contributed by atoms with Crippen molar-refractivity contribution in [3.63, 3.8) is 0 Å². The highest BCUT2D eigenvalue weighted by Gasteiger charge is 2.60. The van der Waals surface area contributed by atoms with Crippen LogP contribution in [0.4, 0.5) is 8.78 Å². The number of rotatable bonds is 7. The fourth-order valence-electron chi connectivity index (χ4n) is 6.38. The molecule has 1 heterocycles. The number of piperidine rings is 1. The van der Waals surface area contributed by atoms with E-state index in [0.29, 0.717) is 36.8 Å². The first-order chi connectivity index (χ1) is 16.3. The van der Waals surface area contributed by atoms with Gasteiger partial charge in [-0.3, -0.25) is 9.69 Å². The van der Waals surface area contributed by atoms with E-state index in [-0.39, 0.29) is 17.4 Å². The lowest BCUT2D eigenvalue weighted by Gasteiger charge is -2.36. The van der Waals surface area contributed by atoms with E-state index in [2.05, 4.69) is 35.2 Å². The van der Waals surface area contributed by atoms with Gasteiger partial charge in [-0.15, -0.1) is 0 Å². The van der Waals surface area contributed by atoms with Crippen LogP contribution in [0.5, 0.6) is 0 Å². The van der Waals surface area contributed by atoms with Gasteiger partial charge in [0.2, 0.25) is 5.91 Å². The summed E-state index contributed by atoms with van der Waals surface area (Å²) >= 11 is 0. The van der Waals surface area contributed by atoms with E-state index in [4.69, 9.17) is 0 Å². The average Bonchev–Trinajstić information content (AvgIpc) is 3.34. The lowest BCUT2D eigenvalue weighted by molar-refractivity contribution is -0.132. The second-order valence-corrected chi connectivity index (χ2v) is 10.8. The van der Waals surface area contributed by atoms with Crippen molar-refractivity contribution in [3.8, 4) is 0 Å². The van der Waals surface area contributed by atoms with Crippen LogP contribution >= 0.6 is 0 Å². The molecule has 2 aliphatic carbocycles. The lowest BCUT2D eigenvalue weighted by atomic mass is 9.81. The standard InChI is InChI=1S/C29H36F2N2O/c1-29(30,31)23-10-6-7-20(17-23)15-16-32(2)28(34)27-25-18-33(19-26(25)27)24-13-11-22(12-14-24)21-8-4-3-5-9-21/h3-10,17,22,24-27H,11-16,18-19H2,1-2H3/t22?,24?,25-,26+,27?. The summed E-state index contributed by atoms with van der Waals surface area (Å²) in [5.41, 5.74) is 2.37. The molecule has 0 bridgehead atoms. The van der Waals surface area contributed by atoms with Gasteiger partial charge >= 0.3 is 0 Å². The van der Waals surface area contributed by atoms with Gasteiger partial charge in [0.05, 0.1) is 0 Å². The zero-order valence-corrected chi connectivity index (χ0v) is 20.3. The largest absolute Gasteiger partial charge is 0.345 e. The minimum atomic E-state index is -2.84. The Bertz CT molecular complexity index is 985. The molecule has 2 aromatic carbocycles. The van der Waals surface area contributed by atoms with Crippen LogP contribution in [0.1, 0.15) is 55.2 Å². The molecule has 182 valence electrons. The summed E-state index contributed by atoms with van der Waals surface area (Å²) in [7, 11) is 1.86. The molecule has 34 heavy (non-hydrogen) atoms. The molecule has 5 heteroatoms. The van der Waals surface area contributed by atoms with Crippen LogP contribution in [0.3, 0.4) is 0 Å². The van der Waals surface area contributed by atoms with E-state index in [1.807, 2.05) is 18.0 Å². The Balaban J connectivity index is 1.07. The monoisotopic (exact) mass is 466 g/mol. The highest BCUT2D eigenvalue weighted by molar-refractivity contribution is 5.82. The molecule has 0 N–H and O–H groups in total. The average molecular weight is 467 g/mol. The third kappa shape index (κ3) is 4.91. The SMILES string of the molecule is CN(CCc1cccc(C(C)(F)F)c1)C(=O)C1[C@H]2CN(C3CCC(c4ccccc4)CC3)C[C@@H]12. The van der Waals surface area contributed by atoms with E-state index in [9.17, 15) is 13.6 Å². The van der Waals surface area contributed by atoms with Crippen molar-refractivity contribution < 1.29 is 13.6 Å². The van der Waals surface area contributed by atoms with E-state index in [1.165, 1.54) is 37.3 Å². The second kappa shape index (κ2) is 9.41. The number of benzene rings is 2. The fourth-order valence-corrected chi connectivity index (χ4v) is 6.38. The van der Waals surface area contributed by atoms with Crippen molar-refractivity contribution in [2.24, 2.45) is 17.8 Å². The smallest absolute Gasteiger partial charge is 0.270 e. The first-order valence-corrected chi connectivity index (χ1v) is 12.8. The maximum absolute atomic E-state index is 13.6. The third-order valence-electron chi connectivity index (χ3n) is 8.54. The van der Waals surface area contributed by atoms with Gasteiger partial charge in [-0.2, -0.15) is 0 Å². The lowest BCUT2D eigenvalue weighted by Crippen LogP contribution is -2.40. The predicted molar refractivity (Wildman–Crippen MR) is 131 cm³/mol. The number of carbonyl (C=O) groups is 1. The number of hydrogen-bond donors (Lipinski definition) is 0. The summed E-state index contributed by atoms with van der Waals surface area (Å²) in [5.74, 6) is -0.738. The molecule has 5 rings (SSSR count). The summed E-state index contributed by atoms with van der Waals surface area (Å²) in [5, 5.41) is 0. The van der Waals surface area contributed by atoms with E-state index >= 15 is 0 Å². The van der Waals surface area contributed by atoms with Crippen LogP contribution in [0.2, 0.25) is 0 Å². The number of halogens is 2. The maximum Gasteiger partial charge on any atom is 0.270 e. The van der Waals surface area contributed by atoms with Crippen molar-refractivity contribution >= 4 is 5.91 Å². The molecule has 1 saturated heterocycles. The molecule has 0 aromatic heterocycles. The van der Waals surface area contributed by atoms with Gasteiger partial charge in [0.1, 0.15) is 0 Å². The summed E-state index contributed by atoms with van der Waals surface area (Å²) in [6.07, 6.45) is 5.64. The van der Waals surface area contributed by atoms with Crippen LogP contribution in [0, 0.1) is 17.8 Å². The fraction of sp³-hybridized carbons (Fsp3) is 0.552. The number of carbonyl (C=O) groups excluding carboxylic acids is 1. The first-order valence-electron chi connectivity index (χ1n) is 12.8. The van der Waals surface area contributed by atoms with Crippen molar-refractivity contribution in [2.75, 3.05) is 26.7 Å². The first kappa shape index (κ1) is 23.5. The molecule has 1 unspecified atom stereocenters. The Kier molecular flexibility index (Phi) is 6.49. The van der Waals surface area contributed by atoms with E-state index in [1.54, 1.807) is 12.1 Å². The zero-order valence-electron chi connectivity index (χ0n) is 20.3. The summed E-state index contributed by atoms with van der Waals surface area (Å²) in [6.45, 7) is 3.61.